The van der Waals surface area contributed by atoms with Crippen LogP contribution in [-0.4, -0.2) is 22.1 Å². The molecule has 176 valence electrons. The van der Waals surface area contributed by atoms with Crippen molar-refractivity contribution in [3.63, 3.8) is 0 Å². The molecule has 1 atom stereocenters. The van der Waals surface area contributed by atoms with Crippen LogP contribution in [0, 0.1) is 0 Å². The number of carboxylic acid groups (broad SMARTS) is 1. The first kappa shape index (κ1) is 22.7. The largest absolute Gasteiger partial charge is 0.487 e. The van der Waals surface area contributed by atoms with Crippen LogP contribution in [0.15, 0.2) is 91.3 Å². The molecule has 2 heterocycles. The summed E-state index contributed by atoms with van der Waals surface area (Å²) in [5.41, 5.74) is 7.53. The quantitative estimate of drug-likeness (QED) is 0.344. The number of ether oxygens (including phenoxy) is 1. The Balaban J connectivity index is 1.28. The number of pyridine rings is 1. The second-order valence-corrected chi connectivity index (χ2v) is 9.04. The zero-order valence-corrected chi connectivity index (χ0v) is 19.7. The van der Waals surface area contributed by atoms with Gasteiger partial charge in [0.2, 0.25) is 0 Å². The van der Waals surface area contributed by atoms with Crippen LogP contribution in [-0.2, 0) is 19.6 Å². The van der Waals surface area contributed by atoms with E-state index in [0.29, 0.717) is 18.4 Å². The van der Waals surface area contributed by atoms with Crippen LogP contribution < -0.4 is 9.64 Å². The smallest absolute Gasteiger partial charge is 0.337 e. The van der Waals surface area contributed by atoms with Crippen LogP contribution in [0.1, 0.15) is 40.4 Å². The number of para-hydroxylation sites is 1. The first-order valence-electron chi connectivity index (χ1n) is 11.9. The lowest BCUT2D eigenvalue weighted by Gasteiger charge is -2.37. The first-order valence-corrected chi connectivity index (χ1v) is 11.9. The molecule has 1 aliphatic rings. The third-order valence-corrected chi connectivity index (χ3v) is 6.60. The highest BCUT2D eigenvalue weighted by molar-refractivity contribution is 5.87. The summed E-state index contributed by atoms with van der Waals surface area (Å²) in [6.45, 7) is 3.55. The number of hydrogen-bond acceptors (Lipinski definition) is 4. The van der Waals surface area contributed by atoms with Gasteiger partial charge in [-0.05, 0) is 65.8 Å². The molecule has 0 fully saturated rings. The number of hydrogen-bond donors (Lipinski definition) is 1. The summed E-state index contributed by atoms with van der Waals surface area (Å²) < 4.78 is 5.74. The minimum absolute atomic E-state index is 0.111. The lowest BCUT2D eigenvalue weighted by atomic mass is 9.95. The summed E-state index contributed by atoms with van der Waals surface area (Å²) >= 11 is 0. The maximum Gasteiger partial charge on any atom is 0.337 e. The summed E-state index contributed by atoms with van der Waals surface area (Å²) in [5, 5.41) is 9.10. The Labute approximate surface area is 205 Å². The minimum atomic E-state index is -1.02. The van der Waals surface area contributed by atoms with Gasteiger partial charge in [0.1, 0.15) is 12.4 Å². The van der Waals surface area contributed by atoms with Crippen molar-refractivity contribution in [2.75, 3.05) is 4.90 Å². The number of nitrogens with zero attached hydrogens (tertiary/aromatic N) is 2. The van der Waals surface area contributed by atoms with Crippen molar-refractivity contribution in [1.82, 2.24) is 4.98 Å². The van der Waals surface area contributed by atoms with E-state index in [9.17, 15) is 4.79 Å². The first-order chi connectivity index (χ1) is 17.1. The van der Waals surface area contributed by atoms with Crippen LogP contribution in [0.3, 0.4) is 0 Å². The Kier molecular flexibility index (Phi) is 6.49. The number of rotatable bonds is 7. The number of aromatic carboxylic acids is 1. The van der Waals surface area contributed by atoms with E-state index in [2.05, 4.69) is 77.5 Å². The third kappa shape index (κ3) is 5.19. The number of aromatic nitrogens is 1. The topological polar surface area (TPSA) is 62.7 Å². The van der Waals surface area contributed by atoms with Gasteiger partial charge in [0.15, 0.2) is 0 Å². The average molecular weight is 465 g/mol. The number of aryl methyl sites for hydroxylation is 1. The number of carboxylic acids is 1. The van der Waals surface area contributed by atoms with Crippen LogP contribution in [0.2, 0.25) is 0 Å². The molecule has 0 amide bonds. The number of anilines is 1. The van der Waals surface area contributed by atoms with Crippen molar-refractivity contribution in [3.8, 4) is 16.9 Å². The average Bonchev–Trinajstić information content (AvgIpc) is 2.90. The molecule has 5 nitrogen and oxygen atoms in total. The van der Waals surface area contributed by atoms with Gasteiger partial charge >= 0.3 is 5.97 Å². The van der Waals surface area contributed by atoms with E-state index >= 15 is 0 Å². The second kappa shape index (κ2) is 10.0. The monoisotopic (exact) mass is 464 g/mol. The molecule has 0 spiro atoms. The molecule has 1 unspecified atom stereocenters. The fourth-order valence-electron chi connectivity index (χ4n) is 4.62. The number of fused-ring (bicyclic) bond motifs is 1. The van der Waals surface area contributed by atoms with Crippen LogP contribution >= 0.6 is 0 Å². The van der Waals surface area contributed by atoms with Crippen molar-refractivity contribution in [2.24, 2.45) is 0 Å². The lowest BCUT2D eigenvalue weighted by molar-refractivity contribution is 0.0696. The number of benzene rings is 3. The molecule has 5 rings (SSSR count). The zero-order valence-electron chi connectivity index (χ0n) is 19.7. The molecule has 0 saturated carbocycles. The van der Waals surface area contributed by atoms with Crippen LogP contribution in [0.25, 0.3) is 11.1 Å². The van der Waals surface area contributed by atoms with Gasteiger partial charge in [-0.3, -0.25) is 4.98 Å². The number of carbonyl (C=O) groups is 1. The van der Waals surface area contributed by atoms with Gasteiger partial charge < -0.3 is 14.7 Å². The second-order valence-electron chi connectivity index (χ2n) is 9.04. The Morgan fingerprint density at radius 3 is 2.63 bits per heavy atom. The van der Waals surface area contributed by atoms with Gasteiger partial charge in [-0.2, -0.15) is 0 Å². The molecule has 1 aromatic heterocycles. The van der Waals surface area contributed by atoms with Crippen molar-refractivity contribution >= 4 is 11.7 Å². The van der Waals surface area contributed by atoms with Crippen LogP contribution in [0.4, 0.5) is 5.69 Å². The lowest BCUT2D eigenvalue weighted by Crippen LogP contribution is -2.36. The summed E-state index contributed by atoms with van der Waals surface area (Å²) in [6.07, 6.45) is 5.15. The van der Waals surface area contributed by atoms with E-state index in [4.69, 9.17) is 9.84 Å². The van der Waals surface area contributed by atoms with Crippen molar-refractivity contribution < 1.29 is 14.6 Å². The molecular formula is C30H28N2O3. The van der Waals surface area contributed by atoms with E-state index in [1.54, 1.807) is 0 Å². The van der Waals surface area contributed by atoms with E-state index in [1.165, 1.54) is 47.3 Å². The van der Waals surface area contributed by atoms with Gasteiger partial charge in [-0.25, -0.2) is 4.79 Å². The van der Waals surface area contributed by atoms with Crippen molar-refractivity contribution in [3.05, 3.63) is 114 Å². The molecule has 0 saturated heterocycles. The van der Waals surface area contributed by atoms with Gasteiger partial charge in [0, 0.05) is 24.5 Å². The molecule has 0 bridgehead atoms. The van der Waals surface area contributed by atoms with Gasteiger partial charge in [-0.1, -0.05) is 60.7 Å². The Morgan fingerprint density at radius 1 is 0.971 bits per heavy atom. The molecule has 5 heteroatoms. The Morgan fingerprint density at radius 2 is 1.80 bits per heavy atom. The predicted octanol–water partition coefficient (Wildman–Crippen LogP) is 6.37. The molecular weight excluding hydrogens is 436 g/mol. The Bertz CT molecular complexity index is 1330. The molecule has 35 heavy (non-hydrogen) atoms. The molecule has 0 aliphatic carbocycles. The summed E-state index contributed by atoms with van der Waals surface area (Å²) in [5.74, 6) is -0.580. The normalized spacial score (nSPS) is 14.9. The standard InChI is InChI=1S/C30H28N2O3/c1-21-9-12-25-6-2-3-8-29(25)32(21)19-23-5-4-7-26(15-23)24-13-10-22(11-14-24)20-35-28-16-27(30(33)34)17-31-18-28/h2-8,10-11,13-18,21H,9,12,19-20H2,1H3,(H,33,34). The summed E-state index contributed by atoms with van der Waals surface area (Å²) in [7, 11) is 0. The fraction of sp³-hybridized carbons (Fsp3) is 0.200. The maximum atomic E-state index is 11.1. The third-order valence-electron chi connectivity index (χ3n) is 6.60. The molecule has 0 radical (unpaired) electrons. The SMILES string of the molecule is CC1CCc2ccccc2N1Cc1cccc(-c2ccc(COc3cncc(C(=O)O)c3)cc2)c1. The van der Waals surface area contributed by atoms with Crippen molar-refractivity contribution in [1.29, 1.82) is 0 Å². The molecule has 3 aromatic carbocycles. The van der Waals surface area contributed by atoms with E-state index in [-0.39, 0.29) is 5.56 Å². The zero-order chi connectivity index (χ0) is 24.2. The maximum absolute atomic E-state index is 11.1. The van der Waals surface area contributed by atoms with Gasteiger partial charge in [-0.15, -0.1) is 0 Å². The highest BCUT2D eigenvalue weighted by Gasteiger charge is 2.22. The minimum Gasteiger partial charge on any atom is -0.487 e. The van der Waals surface area contributed by atoms with Gasteiger partial charge in [0.05, 0.1) is 11.8 Å². The van der Waals surface area contributed by atoms with E-state index in [1.807, 2.05) is 12.1 Å². The Hall–Kier alpha value is -4.12. The van der Waals surface area contributed by atoms with E-state index in [0.717, 1.165) is 24.1 Å². The predicted molar refractivity (Wildman–Crippen MR) is 138 cm³/mol. The molecule has 1 N–H and O–H groups in total. The molecule has 4 aromatic rings. The van der Waals surface area contributed by atoms with Gasteiger partial charge in [0.25, 0.3) is 0 Å². The fourth-order valence-corrected chi connectivity index (χ4v) is 4.62. The van der Waals surface area contributed by atoms with E-state index < -0.39 is 5.97 Å². The highest BCUT2D eigenvalue weighted by atomic mass is 16.5. The van der Waals surface area contributed by atoms with Crippen LogP contribution in [0.5, 0.6) is 5.75 Å². The highest BCUT2D eigenvalue weighted by Crippen LogP contribution is 2.32. The summed E-state index contributed by atoms with van der Waals surface area (Å²) in [6, 6.07) is 27.8. The summed E-state index contributed by atoms with van der Waals surface area (Å²) in [4.78, 5) is 17.6. The van der Waals surface area contributed by atoms with Crippen molar-refractivity contribution in [2.45, 2.75) is 39.0 Å². The molecule has 1 aliphatic heterocycles.